The SMILES string of the molecule is C#C[C@]1(OC(=O)c2ccccc2)[C@H](n2ccc(=O)n(C(=O)c3ccccc3)c2=O)O[C@@](COC(=O)c2cccc(Cl)c2)(N=[N+]=[N-])[C@H]1OC(=O)c1ccccc1. The summed E-state index contributed by atoms with van der Waals surface area (Å²) in [5.74, 6) is -2.00. The summed E-state index contributed by atoms with van der Waals surface area (Å²) in [4.78, 5) is 84.8. The predicted molar refractivity (Wildman–Crippen MR) is 194 cm³/mol. The van der Waals surface area contributed by atoms with Crippen molar-refractivity contribution < 1.29 is 38.1 Å². The van der Waals surface area contributed by atoms with Crippen molar-refractivity contribution in [2.75, 3.05) is 6.61 Å². The van der Waals surface area contributed by atoms with Gasteiger partial charge in [0.1, 0.15) is 6.61 Å². The number of esters is 3. The normalized spacial score (nSPS) is 19.9. The summed E-state index contributed by atoms with van der Waals surface area (Å²) in [6, 6.07) is 28.7. The van der Waals surface area contributed by atoms with Gasteiger partial charge in [-0.3, -0.25) is 14.2 Å². The maximum Gasteiger partial charge on any atom is 0.340 e. The Labute approximate surface area is 315 Å². The number of terminal acetylenes is 1. The molecule has 1 aromatic heterocycles. The van der Waals surface area contributed by atoms with Crippen LogP contribution in [-0.4, -0.2) is 57.0 Å². The van der Waals surface area contributed by atoms with Crippen LogP contribution >= 0.6 is 11.6 Å². The molecule has 0 radical (unpaired) electrons. The third kappa shape index (κ3) is 7.37. The summed E-state index contributed by atoms with van der Waals surface area (Å²) in [5.41, 5.74) is 1.87. The monoisotopic (exact) mass is 759 g/mol. The number of ether oxygens (including phenoxy) is 4. The molecular formula is C39H26ClN5O10. The van der Waals surface area contributed by atoms with Gasteiger partial charge < -0.3 is 18.9 Å². The van der Waals surface area contributed by atoms with Crippen molar-refractivity contribution in [3.8, 4) is 12.3 Å². The molecule has 6 rings (SSSR count). The fourth-order valence-corrected chi connectivity index (χ4v) is 5.98. The largest absolute Gasteiger partial charge is 0.459 e. The highest BCUT2D eigenvalue weighted by Gasteiger charge is 2.70. The molecule has 274 valence electrons. The second kappa shape index (κ2) is 15.8. The summed E-state index contributed by atoms with van der Waals surface area (Å²) in [5, 5.41) is 3.94. The van der Waals surface area contributed by atoms with Crippen LogP contribution in [0.2, 0.25) is 5.02 Å². The van der Waals surface area contributed by atoms with Gasteiger partial charge in [-0.15, -0.1) is 6.42 Å². The quantitative estimate of drug-likeness (QED) is 0.0456. The molecule has 15 nitrogen and oxygen atoms in total. The van der Waals surface area contributed by atoms with Crippen LogP contribution in [0.15, 0.2) is 142 Å². The molecule has 0 saturated carbocycles. The number of azide groups is 1. The molecule has 1 aliphatic rings. The van der Waals surface area contributed by atoms with E-state index in [-0.39, 0.29) is 31.8 Å². The average Bonchev–Trinajstić information content (AvgIpc) is 3.46. The minimum atomic E-state index is -2.77. The van der Waals surface area contributed by atoms with E-state index in [1.54, 1.807) is 18.2 Å². The molecule has 1 fully saturated rings. The molecule has 0 aliphatic carbocycles. The van der Waals surface area contributed by atoms with Gasteiger partial charge in [-0.05, 0) is 66.0 Å². The molecule has 1 saturated heterocycles. The van der Waals surface area contributed by atoms with Crippen molar-refractivity contribution in [2.45, 2.75) is 23.7 Å². The lowest BCUT2D eigenvalue weighted by atomic mass is 9.90. The Kier molecular flexibility index (Phi) is 10.8. The highest BCUT2D eigenvalue weighted by molar-refractivity contribution is 6.30. The number of aromatic nitrogens is 2. The van der Waals surface area contributed by atoms with Gasteiger partial charge in [0.15, 0.2) is 12.3 Å². The van der Waals surface area contributed by atoms with Gasteiger partial charge in [0.2, 0.25) is 5.72 Å². The first kappa shape index (κ1) is 37.5. The van der Waals surface area contributed by atoms with Crippen molar-refractivity contribution in [1.29, 1.82) is 0 Å². The number of carbonyl (C=O) groups excluding carboxylic acids is 4. The molecule has 0 unspecified atom stereocenters. The maximum absolute atomic E-state index is 14.3. The van der Waals surface area contributed by atoms with Crippen LogP contribution in [0.25, 0.3) is 10.4 Å². The topological polar surface area (TPSA) is 198 Å². The van der Waals surface area contributed by atoms with Gasteiger partial charge in [0.25, 0.3) is 17.1 Å². The molecule has 0 N–H and O–H groups in total. The lowest BCUT2D eigenvalue weighted by Gasteiger charge is -2.35. The summed E-state index contributed by atoms with van der Waals surface area (Å²) in [6.07, 6.45) is 2.73. The molecule has 4 atom stereocenters. The summed E-state index contributed by atoms with van der Waals surface area (Å²) < 4.78 is 24.6. The highest BCUT2D eigenvalue weighted by Crippen LogP contribution is 2.49. The number of rotatable bonds is 10. The fraction of sp³-hybridized carbons (Fsp3) is 0.128. The summed E-state index contributed by atoms with van der Waals surface area (Å²) in [6.45, 7) is -1.06. The fourth-order valence-electron chi connectivity index (χ4n) is 5.79. The minimum Gasteiger partial charge on any atom is -0.459 e. The Morgan fingerprint density at radius 2 is 1.40 bits per heavy atom. The van der Waals surface area contributed by atoms with E-state index < -0.39 is 65.3 Å². The zero-order chi connectivity index (χ0) is 39.2. The molecule has 0 spiro atoms. The van der Waals surface area contributed by atoms with Gasteiger partial charge in [-0.25, -0.2) is 19.2 Å². The number of carbonyl (C=O) groups is 4. The molecule has 2 heterocycles. The van der Waals surface area contributed by atoms with Crippen LogP contribution in [0, 0.1) is 12.3 Å². The van der Waals surface area contributed by atoms with Crippen LogP contribution in [0.3, 0.4) is 0 Å². The second-order valence-electron chi connectivity index (χ2n) is 11.8. The molecule has 1 aliphatic heterocycles. The molecule has 4 aromatic carbocycles. The third-order valence-electron chi connectivity index (χ3n) is 8.38. The van der Waals surface area contributed by atoms with Crippen LogP contribution in [0.5, 0.6) is 0 Å². The van der Waals surface area contributed by atoms with Crippen LogP contribution < -0.4 is 11.2 Å². The standard InChI is InChI=1S/C39H26ClN5O10/c1-2-38(54-34(50)27-17-10-5-11-18-27)35(53-33(49)26-15-8-4-9-16-26)39(42-43-41,24-52-32(48)28-19-12-20-29(40)23-28)55-36(38)44-22-21-30(46)45(37(44)51)31(47)25-13-6-3-7-14-25/h1,3-23,35-36H,24H2/t35-,36+,38+,39+/m0/s1. The Morgan fingerprint density at radius 3 is 1.98 bits per heavy atom. The molecule has 0 amide bonds. The van der Waals surface area contributed by atoms with E-state index in [4.69, 9.17) is 37.0 Å². The number of hydrogen-bond acceptors (Lipinski definition) is 11. The Morgan fingerprint density at radius 1 is 0.818 bits per heavy atom. The number of hydrogen-bond donors (Lipinski definition) is 0. The Hall–Kier alpha value is -7.24. The van der Waals surface area contributed by atoms with Crippen LogP contribution in [0.4, 0.5) is 0 Å². The van der Waals surface area contributed by atoms with Gasteiger partial charge >= 0.3 is 23.6 Å². The van der Waals surface area contributed by atoms with Crippen LogP contribution in [0.1, 0.15) is 47.7 Å². The van der Waals surface area contributed by atoms with E-state index in [0.717, 1.165) is 12.3 Å². The number of benzene rings is 4. The van der Waals surface area contributed by atoms with Crippen molar-refractivity contribution in [3.05, 3.63) is 186 Å². The van der Waals surface area contributed by atoms with Crippen LogP contribution in [-0.2, 0) is 18.9 Å². The summed E-state index contributed by atoms with van der Waals surface area (Å²) in [7, 11) is 0. The molecule has 0 bridgehead atoms. The van der Waals surface area contributed by atoms with Gasteiger partial charge in [0, 0.05) is 27.8 Å². The van der Waals surface area contributed by atoms with Gasteiger partial charge in [-0.1, -0.05) is 77.4 Å². The Bertz CT molecular complexity index is 2500. The zero-order valence-electron chi connectivity index (χ0n) is 28.3. The molecule has 55 heavy (non-hydrogen) atoms. The summed E-state index contributed by atoms with van der Waals surface area (Å²) >= 11 is 6.07. The molecular weight excluding hydrogens is 734 g/mol. The van der Waals surface area contributed by atoms with Crippen molar-refractivity contribution in [1.82, 2.24) is 9.13 Å². The highest BCUT2D eigenvalue weighted by atomic mass is 35.5. The lowest BCUT2D eigenvalue weighted by molar-refractivity contribution is -0.130. The number of halogens is 1. The van der Waals surface area contributed by atoms with E-state index >= 15 is 0 Å². The first-order chi connectivity index (χ1) is 26.5. The van der Waals surface area contributed by atoms with E-state index in [1.165, 1.54) is 97.1 Å². The first-order valence-electron chi connectivity index (χ1n) is 16.2. The smallest absolute Gasteiger partial charge is 0.340 e. The number of nitrogens with zero attached hydrogens (tertiary/aromatic N) is 5. The predicted octanol–water partition coefficient (Wildman–Crippen LogP) is 5.20. The van der Waals surface area contributed by atoms with E-state index in [0.29, 0.717) is 4.57 Å². The average molecular weight is 760 g/mol. The second-order valence-corrected chi connectivity index (χ2v) is 12.2. The van der Waals surface area contributed by atoms with Gasteiger partial charge in [-0.2, -0.15) is 4.57 Å². The van der Waals surface area contributed by atoms with E-state index in [9.17, 15) is 34.3 Å². The van der Waals surface area contributed by atoms with Crippen molar-refractivity contribution in [2.24, 2.45) is 5.11 Å². The minimum absolute atomic E-state index is 0.0441. The molecule has 5 aromatic rings. The lowest BCUT2D eigenvalue weighted by Crippen LogP contribution is -2.57. The third-order valence-corrected chi connectivity index (χ3v) is 8.62. The zero-order valence-corrected chi connectivity index (χ0v) is 29.0. The first-order valence-corrected chi connectivity index (χ1v) is 16.5. The Balaban J connectivity index is 1.57. The van der Waals surface area contributed by atoms with Gasteiger partial charge in [0.05, 0.1) is 16.7 Å². The maximum atomic E-state index is 14.3. The molecule has 16 heteroatoms. The van der Waals surface area contributed by atoms with Crippen molar-refractivity contribution in [3.63, 3.8) is 0 Å². The van der Waals surface area contributed by atoms with Crippen molar-refractivity contribution >= 4 is 35.4 Å². The van der Waals surface area contributed by atoms with E-state index in [1.807, 2.05) is 0 Å². The van der Waals surface area contributed by atoms with E-state index in [2.05, 4.69) is 15.9 Å².